The number of rotatable bonds is 5. The molecular weight excluding hydrogens is 402 g/mol. The van der Waals surface area contributed by atoms with Crippen molar-refractivity contribution >= 4 is 35.1 Å². The number of benzene rings is 2. The molecule has 0 aliphatic carbocycles. The average Bonchev–Trinajstić information content (AvgIpc) is 2.74. The van der Waals surface area contributed by atoms with Crippen LogP contribution in [0.4, 0.5) is 0 Å². The largest absolute Gasteiger partial charge is 0.461 e. The van der Waals surface area contributed by atoms with E-state index in [9.17, 15) is 14.4 Å². The van der Waals surface area contributed by atoms with Crippen molar-refractivity contribution in [1.82, 2.24) is 15.5 Å². The zero-order chi connectivity index (χ0) is 21.5. The van der Waals surface area contributed by atoms with E-state index in [1.54, 1.807) is 23.1 Å². The van der Waals surface area contributed by atoms with Gasteiger partial charge in [-0.3, -0.25) is 19.7 Å². The van der Waals surface area contributed by atoms with Gasteiger partial charge in [0, 0.05) is 18.7 Å². The Labute approximate surface area is 180 Å². The van der Waals surface area contributed by atoms with E-state index < -0.39 is 12.0 Å². The van der Waals surface area contributed by atoms with Gasteiger partial charge in [0.15, 0.2) is 5.11 Å². The molecule has 156 valence electrons. The second-order valence-corrected chi connectivity index (χ2v) is 7.37. The first-order valence-electron chi connectivity index (χ1n) is 9.60. The predicted molar refractivity (Wildman–Crippen MR) is 116 cm³/mol. The maximum absolute atomic E-state index is 12.5. The molecular formula is C22H23N3O4S. The molecule has 2 amide bonds. The number of esters is 1. The highest BCUT2D eigenvalue weighted by Gasteiger charge is 2.34. The van der Waals surface area contributed by atoms with E-state index in [4.69, 9.17) is 17.0 Å². The molecule has 3 rings (SSSR count). The molecule has 2 aromatic rings. The van der Waals surface area contributed by atoms with Crippen LogP contribution in [0.25, 0.3) is 0 Å². The second-order valence-electron chi connectivity index (χ2n) is 6.98. The van der Waals surface area contributed by atoms with Crippen molar-refractivity contribution in [3.05, 3.63) is 71.3 Å². The van der Waals surface area contributed by atoms with Gasteiger partial charge < -0.3 is 15.0 Å². The Morgan fingerprint density at radius 2 is 1.97 bits per heavy atom. The van der Waals surface area contributed by atoms with E-state index in [1.165, 1.54) is 0 Å². The number of nitrogens with zero attached hydrogens (tertiary/aromatic N) is 1. The van der Waals surface area contributed by atoms with E-state index in [0.717, 1.165) is 11.1 Å². The zero-order valence-corrected chi connectivity index (χ0v) is 17.4. The van der Waals surface area contributed by atoms with Gasteiger partial charge in [-0.1, -0.05) is 48.0 Å². The summed E-state index contributed by atoms with van der Waals surface area (Å²) in [6.45, 7) is 2.77. The van der Waals surface area contributed by atoms with Crippen LogP contribution in [0.2, 0.25) is 0 Å². The fourth-order valence-electron chi connectivity index (χ4n) is 3.14. The molecule has 2 aromatic carbocycles. The van der Waals surface area contributed by atoms with E-state index in [-0.39, 0.29) is 30.0 Å². The first-order valence-corrected chi connectivity index (χ1v) is 10.0. The molecule has 8 heteroatoms. The minimum atomic E-state index is -0.840. The van der Waals surface area contributed by atoms with Crippen molar-refractivity contribution < 1.29 is 19.1 Å². The molecule has 2 N–H and O–H groups in total. The monoisotopic (exact) mass is 425 g/mol. The van der Waals surface area contributed by atoms with Crippen LogP contribution in [0.3, 0.4) is 0 Å². The van der Waals surface area contributed by atoms with Gasteiger partial charge in [-0.15, -0.1) is 0 Å². The number of aryl methyl sites for hydroxylation is 1. The molecule has 1 unspecified atom stereocenters. The van der Waals surface area contributed by atoms with Crippen molar-refractivity contribution in [1.29, 1.82) is 0 Å². The molecule has 0 saturated carbocycles. The molecule has 0 radical (unpaired) electrons. The van der Waals surface area contributed by atoms with Gasteiger partial charge in [0.2, 0.25) is 5.91 Å². The molecule has 1 atom stereocenters. The number of carbonyl (C=O) groups excluding carboxylic acids is 3. The molecule has 7 nitrogen and oxygen atoms in total. The van der Waals surface area contributed by atoms with Crippen molar-refractivity contribution in [3.8, 4) is 0 Å². The quantitative estimate of drug-likeness (QED) is 0.562. The number of hydrogen-bond acceptors (Lipinski definition) is 5. The van der Waals surface area contributed by atoms with Gasteiger partial charge in [0.05, 0.1) is 6.42 Å². The lowest BCUT2D eigenvalue weighted by Gasteiger charge is -2.36. The number of hydrogen-bond donors (Lipinski definition) is 2. The van der Waals surface area contributed by atoms with Gasteiger partial charge in [-0.05, 0) is 36.8 Å². The normalized spacial score (nSPS) is 15.8. The van der Waals surface area contributed by atoms with Gasteiger partial charge in [-0.2, -0.15) is 0 Å². The van der Waals surface area contributed by atoms with E-state index in [2.05, 4.69) is 10.6 Å². The van der Waals surface area contributed by atoms with Gasteiger partial charge in [0.1, 0.15) is 12.6 Å². The van der Waals surface area contributed by atoms with Gasteiger partial charge >= 0.3 is 5.97 Å². The lowest BCUT2D eigenvalue weighted by molar-refractivity contribution is -0.148. The molecule has 1 saturated heterocycles. The highest BCUT2D eigenvalue weighted by molar-refractivity contribution is 7.80. The Bertz CT molecular complexity index is 948. The Morgan fingerprint density at radius 1 is 1.20 bits per heavy atom. The van der Waals surface area contributed by atoms with Crippen LogP contribution in [-0.4, -0.2) is 46.9 Å². The standard InChI is InChI=1S/C22H23N3O4S/c1-15-6-5-9-17(12-15)20(27)24-22(30)25-11-10-23-21(28)18(25)13-19(26)29-14-16-7-3-2-4-8-16/h2-9,12,18H,10-11,13-14H2,1H3,(H,23,28)(H,24,27,30). The number of nitrogens with one attached hydrogen (secondary N) is 2. The Kier molecular flexibility index (Phi) is 7.13. The number of carbonyl (C=O) groups is 3. The zero-order valence-electron chi connectivity index (χ0n) is 16.6. The molecule has 1 aliphatic heterocycles. The molecule has 30 heavy (non-hydrogen) atoms. The van der Waals surface area contributed by atoms with Gasteiger partial charge in [-0.25, -0.2) is 0 Å². The lowest BCUT2D eigenvalue weighted by Crippen LogP contribution is -2.60. The summed E-state index contributed by atoms with van der Waals surface area (Å²) in [5, 5.41) is 5.50. The third-order valence-electron chi connectivity index (χ3n) is 4.70. The molecule has 0 aromatic heterocycles. The second kappa shape index (κ2) is 9.98. The first-order chi connectivity index (χ1) is 14.4. The van der Waals surface area contributed by atoms with Crippen LogP contribution >= 0.6 is 12.2 Å². The molecule has 0 spiro atoms. The maximum atomic E-state index is 12.5. The summed E-state index contributed by atoms with van der Waals surface area (Å²) >= 11 is 5.37. The van der Waals surface area contributed by atoms with E-state index in [0.29, 0.717) is 18.7 Å². The van der Waals surface area contributed by atoms with Crippen LogP contribution in [0.15, 0.2) is 54.6 Å². The van der Waals surface area contributed by atoms with Crippen LogP contribution in [0.5, 0.6) is 0 Å². The smallest absolute Gasteiger partial charge is 0.308 e. The summed E-state index contributed by atoms with van der Waals surface area (Å²) in [6.07, 6.45) is -0.168. The summed E-state index contributed by atoms with van der Waals surface area (Å²) in [5.74, 6) is -1.20. The maximum Gasteiger partial charge on any atom is 0.308 e. The summed E-state index contributed by atoms with van der Waals surface area (Å²) in [6, 6.07) is 15.6. The highest BCUT2D eigenvalue weighted by atomic mass is 32.1. The number of thiocarbonyl (C=S) groups is 1. The Balaban J connectivity index is 1.62. The van der Waals surface area contributed by atoms with Crippen molar-refractivity contribution in [2.45, 2.75) is 26.0 Å². The lowest BCUT2D eigenvalue weighted by atomic mass is 10.1. The Hall–Kier alpha value is -3.26. The van der Waals surface area contributed by atoms with Crippen LogP contribution in [0.1, 0.15) is 27.9 Å². The summed E-state index contributed by atoms with van der Waals surface area (Å²) in [5.41, 5.74) is 2.28. The number of piperazine rings is 1. The molecule has 0 bridgehead atoms. The summed E-state index contributed by atoms with van der Waals surface area (Å²) in [7, 11) is 0. The first kappa shape index (κ1) is 21.4. The van der Waals surface area contributed by atoms with Crippen molar-refractivity contribution in [2.24, 2.45) is 0 Å². The van der Waals surface area contributed by atoms with Crippen LogP contribution < -0.4 is 10.6 Å². The predicted octanol–water partition coefficient (Wildman–Crippen LogP) is 1.94. The third-order valence-corrected chi connectivity index (χ3v) is 5.03. The fourth-order valence-corrected chi connectivity index (χ4v) is 3.45. The summed E-state index contributed by atoms with van der Waals surface area (Å²) < 4.78 is 5.29. The average molecular weight is 426 g/mol. The topological polar surface area (TPSA) is 87.7 Å². The van der Waals surface area contributed by atoms with E-state index >= 15 is 0 Å². The fraction of sp³-hybridized carbons (Fsp3) is 0.273. The Morgan fingerprint density at radius 3 is 2.70 bits per heavy atom. The van der Waals surface area contributed by atoms with Crippen molar-refractivity contribution in [2.75, 3.05) is 13.1 Å². The third kappa shape index (κ3) is 5.64. The van der Waals surface area contributed by atoms with Crippen LogP contribution in [-0.2, 0) is 20.9 Å². The number of amides is 2. The minimum absolute atomic E-state index is 0.109. The molecule has 1 heterocycles. The molecule has 1 aliphatic rings. The van der Waals surface area contributed by atoms with Gasteiger partial charge in [0.25, 0.3) is 5.91 Å². The minimum Gasteiger partial charge on any atom is -0.461 e. The SMILES string of the molecule is Cc1cccc(C(=O)NC(=S)N2CCNC(=O)C2CC(=O)OCc2ccccc2)c1. The summed E-state index contributed by atoms with van der Waals surface area (Å²) in [4.78, 5) is 38.8. The van der Waals surface area contributed by atoms with Crippen molar-refractivity contribution in [3.63, 3.8) is 0 Å². The van der Waals surface area contributed by atoms with Crippen LogP contribution in [0, 0.1) is 6.92 Å². The number of ether oxygens (including phenoxy) is 1. The highest BCUT2D eigenvalue weighted by Crippen LogP contribution is 2.12. The van der Waals surface area contributed by atoms with E-state index in [1.807, 2.05) is 43.3 Å². The molecule has 1 fully saturated rings.